The van der Waals surface area contributed by atoms with E-state index in [0.29, 0.717) is 11.3 Å². The van der Waals surface area contributed by atoms with Crippen LogP contribution in [0.2, 0.25) is 0 Å². The molecule has 0 aliphatic heterocycles. The quantitative estimate of drug-likeness (QED) is 0.878. The van der Waals surface area contributed by atoms with Gasteiger partial charge in [-0.2, -0.15) is 13.2 Å². The van der Waals surface area contributed by atoms with E-state index in [1.807, 2.05) is 0 Å². The standard InChI is InChI=1S/C13H17F3O2/c1-12(17,7-4-8-13(14,15)16)10-5-3-6-11(9-10)18-2/h3,5-6,9,17H,4,7-8H2,1-2H3. The van der Waals surface area contributed by atoms with E-state index >= 15 is 0 Å². The zero-order valence-corrected chi connectivity index (χ0v) is 10.4. The van der Waals surface area contributed by atoms with Crippen molar-refractivity contribution >= 4 is 0 Å². The minimum atomic E-state index is -4.18. The molecule has 0 aliphatic carbocycles. The molecular formula is C13H17F3O2. The fourth-order valence-corrected chi connectivity index (χ4v) is 1.74. The second-order valence-electron chi connectivity index (χ2n) is 4.47. The molecule has 1 unspecified atom stereocenters. The molecule has 0 bridgehead atoms. The Labute approximate surface area is 104 Å². The first-order valence-corrected chi connectivity index (χ1v) is 5.68. The number of benzene rings is 1. The molecule has 0 saturated heterocycles. The van der Waals surface area contributed by atoms with E-state index in [9.17, 15) is 18.3 Å². The van der Waals surface area contributed by atoms with Gasteiger partial charge in [-0.25, -0.2) is 0 Å². The van der Waals surface area contributed by atoms with Crippen LogP contribution in [0.5, 0.6) is 5.75 Å². The molecule has 1 rings (SSSR count). The van der Waals surface area contributed by atoms with Crippen molar-refractivity contribution in [2.45, 2.75) is 38.0 Å². The van der Waals surface area contributed by atoms with Crippen molar-refractivity contribution < 1.29 is 23.0 Å². The molecule has 0 radical (unpaired) electrons. The number of rotatable bonds is 5. The van der Waals surface area contributed by atoms with Crippen molar-refractivity contribution in [3.8, 4) is 5.75 Å². The normalized spacial score (nSPS) is 15.2. The average molecular weight is 262 g/mol. The molecule has 1 atom stereocenters. The van der Waals surface area contributed by atoms with Gasteiger partial charge in [-0.15, -0.1) is 0 Å². The Morgan fingerprint density at radius 3 is 2.44 bits per heavy atom. The van der Waals surface area contributed by atoms with Crippen LogP contribution in [0.4, 0.5) is 13.2 Å². The molecule has 0 saturated carbocycles. The summed E-state index contributed by atoms with van der Waals surface area (Å²) in [7, 11) is 1.50. The molecular weight excluding hydrogens is 245 g/mol. The van der Waals surface area contributed by atoms with Gasteiger partial charge in [0.2, 0.25) is 0 Å². The lowest BCUT2D eigenvalue weighted by atomic mass is 9.90. The summed E-state index contributed by atoms with van der Waals surface area (Å²) in [5.74, 6) is 0.573. The number of aliphatic hydroxyl groups is 1. The van der Waals surface area contributed by atoms with Gasteiger partial charge in [0.1, 0.15) is 5.75 Å². The van der Waals surface area contributed by atoms with Gasteiger partial charge < -0.3 is 9.84 Å². The SMILES string of the molecule is COc1cccc(C(C)(O)CCCC(F)(F)F)c1. The number of hydrogen-bond acceptors (Lipinski definition) is 2. The highest BCUT2D eigenvalue weighted by atomic mass is 19.4. The van der Waals surface area contributed by atoms with E-state index in [4.69, 9.17) is 4.74 Å². The summed E-state index contributed by atoms with van der Waals surface area (Å²) in [5, 5.41) is 10.2. The smallest absolute Gasteiger partial charge is 0.389 e. The van der Waals surface area contributed by atoms with Crippen LogP contribution in [0, 0.1) is 0 Å². The van der Waals surface area contributed by atoms with Crippen LogP contribution in [0.15, 0.2) is 24.3 Å². The molecule has 5 heteroatoms. The van der Waals surface area contributed by atoms with Crippen LogP contribution < -0.4 is 4.74 Å². The Morgan fingerprint density at radius 1 is 1.22 bits per heavy atom. The largest absolute Gasteiger partial charge is 0.497 e. The van der Waals surface area contributed by atoms with Crippen molar-refractivity contribution in [1.29, 1.82) is 0 Å². The molecule has 0 fully saturated rings. The van der Waals surface area contributed by atoms with E-state index in [2.05, 4.69) is 0 Å². The fraction of sp³-hybridized carbons (Fsp3) is 0.538. The van der Waals surface area contributed by atoms with Gasteiger partial charge in [-0.1, -0.05) is 12.1 Å². The summed E-state index contributed by atoms with van der Waals surface area (Å²) in [6.07, 6.45) is -5.11. The van der Waals surface area contributed by atoms with Crippen LogP contribution >= 0.6 is 0 Å². The number of ether oxygens (including phenoxy) is 1. The highest BCUT2D eigenvalue weighted by Gasteiger charge is 2.29. The molecule has 102 valence electrons. The molecule has 1 aromatic rings. The van der Waals surface area contributed by atoms with Gasteiger partial charge in [-0.05, 0) is 37.5 Å². The van der Waals surface area contributed by atoms with Gasteiger partial charge >= 0.3 is 6.18 Å². The highest BCUT2D eigenvalue weighted by Crippen LogP contribution is 2.31. The number of methoxy groups -OCH3 is 1. The van der Waals surface area contributed by atoms with Crippen molar-refractivity contribution in [1.82, 2.24) is 0 Å². The maximum atomic E-state index is 12.1. The Bertz CT molecular complexity index is 386. The van der Waals surface area contributed by atoms with Crippen LogP contribution in [0.1, 0.15) is 31.7 Å². The van der Waals surface area contributed by atoms with Gasteiger partial charge in [0, 0.05) is 6.42 Å². The van der Waals surface area contributed by atoms with E-state index in [0.717, 1.165) is 0 Å². The molecule has 0 spiro atoms. The second-order valence-corrected chi connectivity index (χ2v) is 4.47. The number of halogens is 3. The van der Waals surface area contributed by atoms with Crippen LogP contribution in [-0.4, -0.2) is 18.4 Å². The van der Waals surface area contributed by atoms with E-state index in [-0.39, 0.29) is 12.8 Å². The lowest BCUT2D eigenvalue weighted by Gasteiger charge is -2.24. The minimum absolute atomic E-state index is 0.0552. The topological polar surface area (TPSA) is 29.5 Å². The second kappa shape index (κ2) is 5.61. The first-order chi connectivity index (χ1) is 8.24. The maximum Gasteiger partial charge on any atom is 0.389 e. The lowest BCUT2D eigenvalue weighted by molar-refractivity contribution is -0.137. The Morgan fingerprint density at radius 2 is 1.89 bits per heavy atom. The van der Waals surface area contributed by atoms with Crippen LogP contribution in [0.3, 0.4) is 0 Å². The Balaban J connectivity index is 2.67. The highest BCUT2D eigenvalue weighted by molar-refractivity contribution is 5.31. The summed E-state index contributed by atoms with van der Waals surface area (Å²) in [4.78, 5) is 0. The molecule has 18 heavy (non-hydrogen) atoms. The minimum Gasteiger partial charge on any atom is -0.497 e. The lowest BCUT2D eigenvalue weighted by Crippen LogP contribution is -2.22. The molecule has 1 aromatic carbocycles. The van der Waals surface area contributed by atoms with Crippen molar-refractivity contribution in [3.63, 3.8) is 0 Å². The predicted octanol–water partition coefficient (Wildman–Crippen LogP) is 3.64. The van der Waals surface area contributed by atoms with Gasteiger partial charge in [-0.3, -0.25) is 0 Å². The zero-order valence-electron chi connectivity index (χ0n) is 10.4. The number of hydrogen-bond donors (Lipinski definition) is 1. The number of alkyl halides is 3. The third-order valence-corrected chi connectivity index (χ3v) is 2.82. The van der Waals surface area contributed by atoms with Gasteiger partial charge in [0.25, 0.3) is 0 Å². The van der Waals surface area contributed by atoms with Crippen molar-refractivity contribution in [3.05, 3.63) is 29.8 Å². The fourth-order valence-electron chi connectivity index (χ4n) is 1.74. The molecule has 2 nitrogen and oxygen atoms in total. The van der Waals surface area contributed by atoms with Crippen molar-refractivity contribution in [2.75, 3.05) is 7.11 Å². The van der Waals surface area contributed by atoms with Crippen LogP contribution in [0.25, 0.3) is 0 Å². The summed E-state index contributed by atoms with van der Waals surface area (Å²) >= 11 is 0. The molecule has 0 heterocycles. The first kappa shape index (κ1) is 14.8. The molecule has 0 aliphatic rings. The van der Waals surface area contributed by atoms with E-state index in [1.54, 1.807) is 24.3 Å². The summed E-state index contributed by atoms with van der Waals surface area (Å²) in [6.45, 7) is 1.51. The summed E-state index contributed by atoms with van der Waals surface area (Å²) in [5.41, 5.74) is -0.719. The molecule has 0 amide bonds. The Kier molecular flexibility index (Phi) is 4.62. The van der Waals surface area contributed by atoms with Crippen molar-refractivity contribution in [2.24, 2.45) is 0 Å². The van der Waals surface area contributed by atoms with Gasteiger partial charge in [0.15, 0.2) is 0 Å². The van der Waals surface area contributed by atoms with Crippen LogP contribution in [-0.2, 0) is 5.60 Å². The summed E-state index contributed by atoms with van der Waals surface area (Å²) < 4.78 is 41.2. The third kappa shape index (κ3) is 4.56. The van der Waals surface area contributed by atoms with Gasteiger partial charge in [0.05, 0.1) is 12.7 Å². The Hall–Kier alpha value is -1.23. The molecule has 0 aromatic heterocycles. The van der Waals surface area contributed by atoms with E-state index in [1.165, 1.54) is 14.0 Å². The summed E-state index contributed by atoms with van der Waals surface area (Å²) in [6, 6.07) is 6.73. The monoisotopic (exact) mass is 262 g/mol. The van der Waals surface area contributed by atoms with E-state index < -0.39 is 18.2 Å². The predicted molar refractivity (Wildman–Crippen MR) is 62.5 cm³/mol. The third-order valence-electron chi connectivity index (χ3n) is 2.82. The maximum absolute atomic E-state index is 12.1. The molecule has 1 N–H and O–H groups in total. The zero-order chi connectivity index (χ0) is 13.8. The average Bonchev–Trinajstić information content (AvgIpc) is 2.27. The first-order valence-electron chi connectivity index (χ1n) is 5.68.